The van der Waals surface area contributed by atoms with Gasteiger partial charge in [0.2, 0.25) is 0 Å². The molecule has 2 rings (SSSR count). The maximum atomic E-state index is 12.5. The lowest BCUT2D eigenvalue weighted by atomic mass is 9.96. The maximum Gasteiger partial charge on any atom is 0.320 e. The number of ketones is 2. The van der Waals surface area contributed by atoms with Gasteiger partial charge in [-0.3, -0.25) is 38.6 Å². The molecule has 46 heavy (non-hydrogen) atoms. The molecular formula is C32H40N2O12. The minimum Gasteiger partial charge on any atom is -0.480 e. The van der Waals surface area contributed by atoms with Crippen molar-refractivity contribution in [3.8, 4) is 0 Å². The van der Waals surface area contributed by atoms with Crippen LogP contribution in [0, 0.1) is 0 Å². The van der Waals surface area contributed by atoms with E-state index in [0.29, 0.717) is 11.1 Å². The molecule has 0 spiro atoms. The number of nitrogens with zero attached hydrogens (tertiary/aromatic N) is 2. The number of hydrogen-bond acceptors (Lipinski definition) is 12. The largest absolute Gasteiger partial charge is 0.480 e. The molecule has 0 atom stereocenters. The normalized spacial score (nSPS) is 11.7. The van der Waals surface area contributed by atoms with Crippen molar-refractivity contribution < 1.29 is 58.7 Å². The van der Waals surface area contributed by atoms with E-state index in [2.05, 4.69) is 0 Å². The Bertz CT molecular complexity index is 1320. The number of Topliss-reactive ketones (excluding diaryl/α,β-unsaturated/α-hetero) is 2. The van der Waals surface area contributed by atoms with Crippen LogP contribution in [0.2, 0.25) is 0 Å². The molecule has 0 heterocycles. The summed E-state index contributed by atoms with van der Waals surface area (Å²) in [6.07, 6.45) is 0. The molecular weight excluding hydrogens is 604 g/mol. The Hall–Kier alpha value is -4.50. The van der Waals surface area contributed by atoms with Crippen molar-refractivity contribution in [3.05, 3.63) is 70.8 Å². The van der Waals surface area contributed by atoms with Gasteiger partial charge < -0.3 is 29.9 Å². The van der Waals surface area contributed by atoms with Gasteiger partial charge in [-0.2, -0.15) is 0 Å². The third-order valence-electron chi connectivity index (χ3n) is 6.44. The number of rotatable bonds is 19. The fraction of sp³-hybridized carbons (Fsp3) is 0.438. The summed E-state index contributed by atoms with van der Waals surface area (Å²) in [5.41, 5.74) is -1.81. The van der Waals surface area contributed by atoms with E-state index in [4.69, 9.17) is 9.47 Å². The molecule has 0 aliphatic rings. The molecule has 0 radical (unpaired) electrons. The van der Waals surface area contributed by atoms with Crippen LogP contribution in [0.1, 0.15) is 59.5 Å². The average molecular weight is 645 g/mol. The van der Waals surface area contributed by atoms with Gasteiger partial charge in [-0.25, -0.2) is 0 Å². The Kier molecular flexibility index (Phi) is 13.7. The number of aliphatic hydroxyl groups is 2. The second kappa shape index (κ2) is 16.7. The van der Waals surface area contributed by atoms with Crippen LogP contribution in [0.3, 0.4) is 0 Å². The van der Waals surface area contributed by atoms with Crippen LogP contribution in [0.15, 0.2) is 48.5 Å². The van der Waals surface area contributed by atoms with Crippen molar-refractivity contribution in [2.45, 2.75) is 52.1 Å². The zero-order valence-corrected chi connectivity index (χ0v) is 26.2. The molecule has 0 bridgehead atoms. The Labute approximate surface area is 266 Å². The molecule has 14 nitrogen and oxygen atoms in total. The number of hydrogen-bond donors (Lipinski definition) is 4. The summed E-state index contributed by atoms with van der Waals surface area (Å²) in [6.45, 7) is 2.67. The van der Waals surface area contributed by atoms with Gasteiger partial charge in [0.1, 0.15) is 24.4 Å². The van der Waals surface area contributed by atoms with Crippen LogP contribution in [-0.4, -0.2) is 116 Å². The van der Waals surface area contributed by atoms with E-state index in [9.17, 15) is 49.2 Å². The molecule has 0 aliphatic heterocycles. The molecule has 0 saturated carbocycles. The quantitative estimate of drug-likeness (QED) is 0.125. The number of esters is 2. The van der Waals surface area contributed by atoms with Gasteiger partial charge in [-0.1, -0.05) is 36.4 Å². The maximum absolute atomic E-state index is 12.5. The summed E-state index contributed by atoms with van der Waals surface area (Å²) in [4.78, 5) is 75.0. The predicted octanol–water partition coefficient (Wildman–Crippen LogP) is 1.15. The summed E-state index contributed by atoms with van der Waals surface area (Å²) in [5, 5.41) is 38.6. The Balaban J connectivity index is 1.97. The summed E-state index contributed by atoms with van der Waals surface area (Å²) in [5.74, 6) is -5.10. The number of ether oxygens (including phenoxy) is 2. The van der Waals surface area contributed by atoms with Crippen LogP contribution in [-0.2, 0) is 41.9 Å². The second-order valence-corrected chi connectivity index (χ2v) is 11.7. The van der Waals surface area contributed by atoms with E-state index in [0.717, 1.165) is 0 Å². The molecule has 0 saturated heterocycles. The molecule has 250 valence electrons. The van der Waals surface area contributed by atoms with E-state index in [1.54, 1.807) is 24.3 Å². The Morgan fingerprint density at radius 3 is 1.26 bits per heavy atom. The minimum absolute atomic E-state index is 0.112. The summed E-state index contributed by atoms with van der Waals surface area (Å²) in [6, 6.07) is 12.3. The monoisotopic (exact) mass is 644 g/mol. The third kappa shape index (κ3) is 13.2. The number of benzene rings is 2. The van der Waals surface area contributed by atoms with Gasteiger partial charge in [0.15, 0.2) is 11.6 Å². The van der Waals surface area contributed by atoms with E-state index in [-0.39, 0.29) is 37.4 Å². The SMILES string of the molecule is CC(C)(O)C(=O)c1cccc(COC(=O)CN(CCN(CC(=O)O)CC(=O)OCc2cccc(C(=O)C(C)(C)O)c2)CC(=O)O)c1. The molecule has 0 amide bonds. The van der Waals surface area contributed by atoms with Crippen molar-refractivity contribution in [2.24, 2.45) is 0 Å². The third-order valence-corrected chi connectivity index (χ3v) is 6.44. The van der Waals surface area contributed by atoms with Crippen LogP contribution >= 0.6 is 0 Å². The van der Waals surface area contributed by atoms with E-state index in [1.807, 2.05) is 0 Å². The van der Waals surface area contributed by atoms with Crippen molar-refractivity contribution in [1.82, 2.24) is 9.80 Å². The first-order chi connectivity index (χ1) is 21.3. The number of carboxylic acids is 2. The van der Waals surface area contributed by atoms with Gasteiger partial charge in [0, 0.05) is 24.2 Å². The van der Waals surface area contributed by atoms with E-state index < -0.39 is 72.8 Å². The molecule has 2 aromatic rings. The topological polar surface area (TPSA) is 208 Å². The summed E-state index contributed by atoms with van der Waals surface area (Å²) >= 11 is 0. The summed E-state index contributed by atoms with van der Waals surface area (Å²) < 4.78 is 10.5. The van der Waals surface area contributed by atoms with Gasteiger partial charge in [-0.15, -0.1) is 0 Å². The lowest BCUT2D eigenvalue weighted by Crippen LogP contribution is -2.43. The molecule has 0 aromatic heterocycles. The van der Waals surface area contributed by atoms with Gasteiger partial charge >= 0.3 is 23.9 Å². The predicted molar refractivity (Wildman–Crippen MR) is 162 cm³/mol. The molecule has 2 aromatic carbocycles. The second-order valence-electron chi connectivity index (χ2n) is 11.7. The van der Waals surface area contributed by atoms with Crippen LogP contribution in [0.4, 0.5) is 0 Å². The standard InChI is InChI=1S/C32H40N2O12/c1-31(2,43)29(41)23-9-5-7-21(13-23)19-45-27(39)17-33(15-25(35)36)11-12-34(16-26(37)38)18-28(40)46-20-22-8-6-10-24(14-22)30(42)32(3,4)44/h5-10,13-14,43-44H,11-12,15-20H2,1-4H3,(H,35,36)(H,37,38). The van der Waals surface area contributed by atoms with Crippen molar-refractivity contribution >= 4 is 35.4 Å². The number of aliphatic carboxylic acids is 2. The molecule has 14 heteroatoms. The molecule has 0 fully saturated rings. The zero-order valence-electron chi connectivity index (χ0n) is 26.2. The highest BCUT2D eigenvalue weighted by atomic mass is 16.5. The van der Waals surface area contributed by atoms with E-state index in [1.165, 1.54) is 61.8 Å². The average Bonchev–Trinajstić information content (AvgIpc) is 2.95. The number of carbonyl (C=O) groups is 6. The van der Waals surface area contributed by atoms with Gasteiger partial charge in [0.25, 0.3) is 0 Å². The first-order valence-corrected chi connectivity index (χ1v) is 14.3. The Morgan fingerprint density at radius 2 is 0.957 bits per heavy atom. The molecule has 4 N–H and O–H groups in total. The minimum atomic E-state index is -1.59. The fourth-order valence-electron chi connectivity index (χ4n) is 4.19. The Morgan fingerprint density at radius 1 is 0.609 bits per heavy atom. The van der Waals surface area contributed by atoms with E-state index >= 15 is 0 Å². The van der Waals surface area contributed by atoms with Gasteiger partial charge in [0.05, 0.1) is 26.2 Å². The number of carboxylic acid groups (broad SMARTS) is 2. The highest BCUT2D eigenvalue weighted by Crippen LogP contribution is 2.16. The molecule has 0 unspecified atom stereocenters. The van der Waals surface area contributed by atoms with Crippen molar-refractivity contribution in [3.63, 3.8) is 0 Å². The molecule has 0 aliphatic carbocycles. The van der Waals surface area contributed by atoms with Gasteiger partial charge in [-0.05, 0) is 51.0 Å². The lowest BCUT2D eigenvalue weighted by molar-refractivity contribution is -0.150. The zero-order chi connectivity index (χ0) is 34.7. The van der Waals surface area contributed by atoms with Crippen molar-refractivity contribution in [1.29, 1.82) is 0 Å². The van der Waals surface area contributed by atoms with Crippen LogP contribution < -0.4 is 0 Å². The highest BCUT2D eigenvalue weighted by molar-refractivity contribution is 6.02. The fourth-order valence-corrected chi connectivity index (χ4v) is 4.19. The first kappa shape index (κ1) is 37.7. The van der Waals surface area contributed by atoms with Crippen LogP contribution in [0.5, 0.6) is 0 Å². The first-order valence-electron chi connectivity index (χ1n) is 14.3. The smallest absolute Gasteiger partial charge is 0.320 e. The number of carbonyl (C=O) groups excluding carboxylic acids is 4. The summed E-state index contributed by atoms with van der Waals surface area (Å²) in [7, 11) is 0. The van der Waals surface area contributed by atoms with Crippen LogP contribution in [0.25, 0.3) is 0 Å². The van der Waals surface area contributed by atoms with Crippen molar-refractivity contribution in [2.75, 3.05) is 39.3 Å². The highest BCUT2D eigenvalue weighted by Gasteiger charge is 2.26. The lowest BCUT2D eigenvalue weighted by Gasteiger charge is -2.24.